The average Bonchev–Trinajstić information content (AvgIpc) is 3.02. The van der Waals surface area contributed by atoms with Gasteiger partial charge in [0, 0.05) is 11.4 Å². The number of nitriles is 1. The van der Waals surface area contributed by atoms with Gasteiger partial charge in [-0.05, 0) is 55.6 Å². The van der Waals surface area contributed by atoms with E-state index in [0.29, 0.717) is 17.7 Å². The lowest BCUT2D eigenvalue weighted by Gasteiger charge is -2.14. The van der Waals surface area contributed by atoms with Crippen molar-refractivity contribution in [2.24, 2.45) is 0 Å². The highest BCUT2D eigenvalue weighted by Crippen LogP contribution is 2.35. The number of rotatable bonds is 3. The quantitative estimate of drug-likeness (QED) is 0.646. The highest BCUT2D eigenvalue weighted by molar-refractivity contribution is 7.71. The van der Waals surface area contributed by atoms with Crippen LogP contribution in [0, 0.1) is 16.1 Å². The van der Waals surface area contributed by atoms with Crippen LogP contribution in [0.1, 0.15) is 29.7 Å². The third-order valence-electron chi connectivity index (χ3n) is 4.70. The van der Waals surface area contributed by atoms with Gasteiger partial charge in [-0.3, -0.25) is 9.36 Å². The molecule has 2 aromatic heterocycles. The molecule has 6 heteroatoms. The molecule has 0 atom stereocenters. The third kappa shape index (κ3) is 2.64. The smallest absolute Gasteiger partial charge is 0.267 e. The lowest BCUT2D eigenvalue weighted by Crippen LogP contribution is -2.24. The maximum atomic E-state index is 13.3. The molecular weight excluding hydrogens is 350 g/mol. The van der Waals surface area contributed by atoms with Gasteiger partial charge in [0.25, 0.3) is 5.56 Å². The van der Waals surface area contributed by atoms with Crippen molar-refractivity contribution in [3.63, 3.8) is 0 Å². The van der Waals surface area contributed by atoms with E-state index in [2.05, 4.69) is 6.07 Å². The van der Waals surface area contributed by atoms with Crippen LogP contribution in [0.25, 0.3) is 15.9 Å². The van der Waals surface area contributed by atoms with Crippen molar-refractivity contribution in [2.75, 3.05) is 0 Å². The average molecular weight is 367 g/mol. The van der Waals surface area contributed by atoms with Crippen LogP contribution < -0.4 is 5.56 Å². The summed E-state index contributed by atoms with van der Waals surface area (Å²) in [4.78, 5) is 15.6. The molecule has 0 radical (unpaired) electrons. The molecule has 0 saturated heterocycles. The van der Waals surface area contributed by atoms with Gasteiger partial charge in [-0.2, -0.15) is 5.26 Å². The second kappa shape index (κ2) is 6.58. The molecule has 0 bridgehead atoms. The summed E-state index contributed by atoms with van der Waals surface area (Å²) in [7, 11) is 0. The molecule has 0 N–H and O–H groups in total. The number of nitrogens with zero attached hydrogens (tertiary/aromatic N) is 3. The minimum atomic E-state index is -0.0289. The SMILES string of the molecule is N#CCCn1c(=S)n(-c2ccccc2)c(=O)c2c3c(sc21)CCCC3. The zero-order valence-corrected chi connectivity index (χ0v) is 15.3. The lowest BCUT2D eigenvalue weighted by molar-refractivity contribution is 0.684. The van der Waals surface area contributed by atoms with Crippen molar-refractivity contribution in [1.29, 1.82) is 5.26 Å². The van der Waals surface area contributed by atoms with E-state index < -0.39 is 0 Å². The fourth-order valence-corrected chi connectivity index (χ4v) is 5.37. The van der Waals surface area contributed by atoms with Crippen LogP contribution in [0.3, 0.4) is 0 Å². The molecule has 0 aliphatic heterocycles. The Bertz CT molecular complexity index is 1100. The van der Waals surface area contributed by atoms with Gasteiger partial charge in [-0.25, -0.2) is 0 Å². The van der Waals surface area contributed by atoms with E-state index >= 15 is 0 Å². The zero-order chi connectivity index (χ0) is 17.4. The lowest BCUT2D eigenvalue weighted by atomic mass is 9.97. The maximum absolute atomic E-state index is 13.3. The maximum Gasteiger partial charge on any atom is 0.267 e. The van der Waals surface area contributed by atoms with E-state index in [0.717, 1.165) is 35.2 Å². The van der Waals surface area contributed by atoms with Gasteiger partial charge < -0.3 is 4.57 Å². The summed E-state index contributed by atoms with van der Waals surface area (Å²) in [5, 5.41) is 9.83. The molecule has 0 saturated carbocycles. The van der Waals surface area contributed by atoms with Crippen molar-refractivity contribution in [1.82, 2.24) is 9.13 Å². The Balaban J connectivity index is 2.11. The molecule has 3 aromatic rings. The first-order valence-electron chi connectivity index (χ1n) is 8.45. The Hall–Kier alpha value is -2.23. The van der Waals surface area contributed by atoms with Crippen LogP contribution in [0.2, 0.25) is 0 Å². The minimum Gasteiger partial charge on any atom is -0.308 e. The summed E-state index contributed by atoms with van der Waals surface area (Å²) in [6.07, 6.45) is 4.65. The number of thiophene rings is 1. The van der Waals surface area contributed by atoms with Gasteiger partial charge in [-0.15, -0.1) is 11.3 Å². The van der Waals surface area contributed by atoms with Gasteiger partial charge >= 0.3 is 0 Å². The van der Waals surface area contributed by atoms with Gasteiger partial charge in [-0.1, -0.05) is 18.2 Å². The Kier molecular flexibility index (Phi) is 4.28. The third-order valence-corrected chi connectivity index (χ3v) is 6.42. The summed E-state index contributed by atoms with van der Waals surface area (Å²) >= 11 is 7.35. The molecular formula is C19H17N3OS2. The standard InChI is InChI=1S/C19H17N3OS2/c20-11-6-12-21-18-16(14-9-4-5-10-15(14)25-18)17(23)22(19(21)24)13-7-2-1-3-8-13/h1-3,7-8H,4-6,9-10,12H2. The Morgan fingerprint density at radius 1 is 1.20 bits per heavy atom. The molecule has 4 rings (SSSR count). The van der Waals surface area contributed by atoms with Crippen LogP contribution in [0.4, 0.5) is 0 Å². The van der Waals surface area contributed by atoms with E-state index in [1.54, 1.807) is 15.9 Å². The van der Waals surface area contributed by atoms with Gasteiger partial charge in [0.05, 0.1) is 23.6 Å². The number of aryl methyl sites for hydroxylation is 3. The van der Waals surface area contributed by atoms with Crippen molar-refractivity contribution in [3.8, 4) is 11.8 Å². The molecule has 0 fully saturated rings. The molecule has 1 aromatic carbocycles. The molecule has 0 amide bonds. The van der Waals surface area contributed by atoms with Crippen molar-refractivity contribution in [3.05, 3.63) is 55.9 Å². The summed E-state index contributed by atoms with van der Waals surface area (Å²) in [6.45, 7) is 0.512. The Morgan fingerprint density at radius 2 is 1.96 bits per heavy atom. The molecule has 0 unspecified atom stereocenters. The van der Waals surface area contributed by atoms with E-state index in [-0.39, 0.29) is 5.56 Å². The van der Waals surface area contributed by atoms with Crippen LogP contribution in [0.15, 0.2) is 35.1 Å². The van der Waals surface area contributed by atoms with Crippen molar-refractivity contribution < 1.29 is 0 Å². The molecule has 126 valence electrons. The molecule has 4 nitrogen and oxygen atoms in total. The van der Waals surface area contributed by atoms with Gasteiger partial charge in [0.15, 0.2) is 4.77 Å². The van der Waals surface area contributed by atoms with E-state index in [4.69, 9.17) is 17.5 Å². The fraction of sp³-hybridized carbons (Fsp3) is 0.316. The number of hydrogen-bond donors (Lipinski definition) is 0. The predicted molar refractivity (Wildman–Crippen MR) is 103 cm³/mol. The van der Waals surface area contributed by atoms with E-state index in [9.17, 15) is 4.79 Å². The molecule has 0 spiro atoms. The van der Waals surface area contributed by atoms with Crippen molar-refractivity contribution >= 4 is 33.8 Å². The molecule has 1 aliphatic rings. The number of hydrogen-bond acceptors (Lipinski definition) is 4. The first-order valence-corrected chi connectivity index (χ1v) is 9.67. The predicted octanol–water partition coefficient (Wildman–Crippen LogP) is 4.38. The van der Waals surface area contributed by atoms with Crippen molar-refractivity contribution in [2.45, 2.75) is 38.6 Å². The molecule has 1 aliphatic carbocycles. The summed E-state index contributed by atoms with van der Waals surface area (Å²) in [5.74, 6) is 0. The zero-order valence-electron chi connectivity index (χ0n) is 13.7. The second-order valence-corrected chi connectivity index (χ2v) is 7.66. The van der Waals surface area contributed by atoms with Gasteiger partial charge in [0.2, 0.25) is 0 Å². The highest BCUT2D eigenvalue weighted by atomic mass is 32.1. The van der Waals surface area contributed by atoms with E-state index in [1.165, 1.54) is 16.9 Å². The second-order valence-electron chi connectivity index (χ2n) is 6.21. The largest absolute Gasteiger partial charge is 0.308 e. The molecule has 25 heavy (non-hydrogen) atoms. The topological polar surface area (TPSA) is 50.7 Å². The highest BCUT2D eigenvalue weighted by Gasteiger charge is 2.22. The normalized spacial score (nSPS) is 13.6. The first-order chi connectivity index (χ1) is 12.2. The number of para-hydroxylation sites is 1. The molecule has 2 heterocycles. The summed E-state index contributed by atoms with van der Waals surface area (Å²) in [6, 6.07) is 11.7. The van der Waals surface area contributed by atoms with Crippen LogP contribution in [-0.4, -0.2) is 9.13 Å². The Morgan fingerprint density at radius 3 is 2.72 bits per heavy atom. The number of aromatic nitrogens is 2. The first kappa shape index (κ1) is 16.2. The van der Waals surface area contributed by atoms with E-state index in [1.807, 2.05) is 34.9 Å². The summed E-state index contributed by atoms with van der Waals surface area (Å²) in [5.41, 5.74) is 1.95. The minimum absolute atomic E-state index is 0.0289. The van der Waals surface area contributed by atoms with Crippen LogP contribution >= 0.6 is 23.6 Å². The number of fused-ring (bicyclic) bond motifs is 3. The monoisotopic (exact) mass is 367 g/mol. The van der Waals surface area contributed by atoms with Gasteiger partial charge in [0.1, 0.15) is 4.83 Å². The van der Waals surface area contributed by atoms with Crippen LogP contribution in [0.5, 0.6) is 0 Å². The van der Waals surface area contributed by atoms with Crippen LogP contribution in [-0.2, 0) is 19.4 Å². The Labute approximate surface area is 154 Å². The number of benzene rings is 1. The fourth-order valence-electron chi connectivity index (χ4n) is 3.53. The summed E-state index contributed by atoms with van der Waals surface area (Å²) < 4.78 is 4.07.